The first-order chi connectivity index (χ1) is 7.65. The average molecular weight is 282 g/mol. The SMILES string of the molecule is COC(=O)C(Br)c1cn(C)c2ccccc12. The fraction of sp³-hybridized carbons (Fsp3) is 0.250. The third-order valence-electron chi connectivity index (χ3n) is 2.61. The molecule has 0 fully saturated rings. The van der Waals surface area contributed by atoms with Crippen LogP contribution in [0.5, 0.6) is 0 Å². The van der Waals surface area contributed by atoms with Crippen molar-refractivity contribution in [2.75, 3.05) is 7.11 Å². The van der Waals surface area contributed by atoms with Crippen molar-refractivity contribution in [3.63, 3.8) is 0 Å². The molecule has 0 saturated heterocycles. The van der Waals surface area contributed by atoms with Crippen molar-refractivity contribution in [2.45, 2.75) is 4.83 Å². The molecule has 1 aromatic heterocycles. The zero-order chi connectivity index (χ0) is 11.7. The van der Waals surface area contributed by atoms with Gasteiger partial charge < -0.3 is 9.30 Å². The Hall–Kier alpha value is -1.29. The van der Waals surface area contributed by atoms with Gasteiger partial charge in [-0.1, -0.05) is 34.1 Å². The van der Waals surface area contributed by atoms with E-state index in [2.05, 4.69) is 15.9 Å². The van der Waals surface area contributed by atoms with Crippen LogP contribution in [-0.2, 0) is 16.6 Å². The van der Waals surface area contributed by atoms with Crippen molar-refractivity contribution < 1.29 is 9.53 Å². The van der Waals surface area contributed by atoms with Crippen LogP contribution in [0.3, 0.4) is 0 Å². The highest BCUT2D eigenvalue weighted by Gasteiger charge is 2.21. The van der Waals surface area contributed by atoms with Gasteiger partial charge in [-0.25, -0.2) is 0 Å². The van der Waals surface area contributed by atoms with Crippen LogP contribution in [0.4, 0.5) is 0 Å². The van der Waals surface area contributed by atoms with E-state index in [0.717, 1.165) is 16.5 Å². The molecule has 2 rings (SSSR count). The number of esters is 1. The van der Waals surface area contributed by atoms with Gasteiger partial charge in [0.25, 0.3) is 0 Å². The molecule has 0 bridgehead atoms. The molecule has 84 valence electrons. The van der Waals surface area contributed by atoms with Crippen LogP contribution in [0.25, 0.3) is 10.9 Å². The number of nitrogens with zero attached hydrogens (tertiary/aromatic N) is 1. The highest BCUT2D eigenvalue weighted by molar-refractivity contribution is 9.09. The number of hydrogen-bond donors (Lipinski definition) is 0. The molecule has 1 aromatic carbocycles. The van der Waals surface area contributed by atoms with Gasteiger partial charge in [0.15, 0.2) is 0 Å². The van der Waals surface area contributed by atoms with Crippen molar-refractivity contribution in [1.82, 2.24) is 4.57 Å². The fourth-order valence-corrected chi connectivity index (χ4v) is 2.36. The van der Waals surface area contributed by atoms with Crippen LogP contribution >= 0.6 is 15.9 Å². The van der Waals surface area contributed by atoms with E-state index in [9.17, 15) is 4.79 Å². The maximum atomic E-state index is 11.5. The van der Waals surface area contributed by atoms with Crippen molar-refractivity contribution in [3.05, 3.63) is 36.0 Å². The van der Waals surface area contributed by atoms with Crippen LogP contribution in [-0.4, -0.2) is 17.6 Å². The number of carbonyl (C=O) groups is 1. The molecule has 2 aromatic rings. The van der Waals surface area contributed by atoms with E-state index in [4.69, 9.17) is 4.74 Å². The minimum absolute atomic E-state index is 0.281. The first kappa shape index (κ1) is 11.2. The summed E-state index contributed by atoms with van der Waals surface area (Å²) in [6.45, 7) is 0. The molecular weight excluding hydrogens is 270 g/mol. The lowest BCUT2D eigenvalue weighted by Gasteiger charge is -2.05. The Bertz CT molecular complexity index is 533. The molecule has 0 N–H and O–H groups in total. The van der Waals surface area contributed by atoms with Crippen LogP contribution in [0.2, 0.25) is 0 Å². The maximum Gasteiger partial charge on any atom is 0.324 e. The first-order valence-electron chi connectivity index (χ1n) is 4.91. The molecule has 0 aliphatic heterocycles. The van der Waals surface area contributed by atoms with E-state index in [0.29, 0.717) is 0 Å². The summed E-state index contributed by atoms with van der Waals surface area (Å²) >= 11 is 3.36. The Morgan fingerprint density at radius 2 is 2.12 bits per heavy atom. The lowest BCUT2D eigenvalue weighted by molar-refractivity contribution is -0.139. The molecule has 1 atom stereocenters. The Morgan fingerprint density at radius 1 is 1.44 bits per heavy atom. The monoisotopic (exact) mass is 281 g/mol. The number of aromatic nitrogens is 1. The van der Waals surface area contributed by atoms with Crippen LogP contribution in [0, 0.1) is 0 Å². The minimum atomic E-state index is -0.413. The number of ether oxygens (including phenoxy) is 1. The summed E-state index contributed by atoms with van der Waals surface area (Å²) in [4.78, 5) is 11.1. The summed E-state index contributed by atoms with van der Waals surface area (Å²) in [5, 5.41) is 1.07. The Morgan fingerprint density at radius 3 is 2.81 bits per heavy atom. The van der Waals surface area contributed by atoms with Gasteiger partial charge in [-0.2, -0.15) is 0 Å². The van der Waals surface area contributed by atoms with E-state index in [1.807, 2.05) is 42.1 Å². The van der Waals surface area contributed by atoms with Gasteiger partial charge in [0.1, 0.15) is 4.83 Å². The van der Waals surface area contributed by atoms with Crippen LogP contribution in [0.15, 0.2) is 30.5 Å². The summed E-state index contributed by atoms with van der Waals surface area (Å²) in [5.41, 5.74) is 2.04. The van der Waals surface area contributed by atoms with Gasteiger partial charge in [-0.15, -0.1) is 0 Å². The average Bonchev–Trinajstić information content (AvgIpc) is 2.65. The predicted molar refractivity (Wildman–Crippen MR) is 66.6 cm³/mol. The first-order valence-corrected chi connectivity index (χ1v) is 5.82. The Balaban J connectivity index is 2.57. The maximum absolute atomic E-state index is 11.5. The zero-order valence-corrected chi connectivity index (χ0v) is 10.7. The molecule has 3 nitrogen and oxygen atoms in total. The van der Waals surface area contributed by atoms with E-state index in [1.54, 1.807) is 0 Å². The Labute approximate surface area is 102 Å². The molecule has 0 amide bonds. The minimum Gasteiger partial charge on any atom is -0.468 e. The number of hydrogen-bond acceptors (Lipinski definition) is 2. The number of carbonyl (C=O) groups excluding carboxylic acids is 1. The number of aryl methyl sites for hydroxylation is 1. The van der Waals surface area contributed by atoms with Gasteiger partial charge in [-0.05, 0) is 6.07 Å². The van der Waals surface area contributed by atoms with E-state index in [1.165, 1.54) is 7.11 Å². The second-order valence-corrected chi connectivity index (χ2v) is 4.51. The second kappa shape index (κ2) is 4.29. The van der Waals surface area contributed by atoms with Gasteiger partial charge in [0, 0.05) is 29.7 Å². The topological polar surface area (TPSA) is 31.2 Å². The lowest BCUT2D eigenvalue weighted by Crippen LogP contribution is -2.07. The quantitative estimate of drug-likeness (QED) is 0.626. The highest BCUT2D eigenvalue weighted by Crippen LogP contribution is 2.31. The normalized spacial score (nSPS) is 12.7. The second-order valence-electron chi connectivity index (χ2n) is 3.60. The third kappa shape index (κ3) is 1.73. The molecule has 0 spiro atoms. The largest absolute Gasteiger partial charge is 0.468 e. The number of methoxy groups -OCH3 is 1. The number of rotatable bonds is 2. The van der Waals surface area contributed by atoms with Crippen LogP contribution < -0.4 is 0 Å². The molecular formula is C12H12BrNO2. The molecule has 4 heteroatoms. The zero-order valence-electron chi connectivity index (χ0n) is 9.11. The smallest absolute Gasteiger partial charge is 0.324 e. The number of fused-ring (bicyclic) bond motifs is 1. The Kier molecular flexibility index (Phi) is 3.01. The van der Waals surface area contributed by atoms with Crippen molar-refractivity contribution in [2.24, 2.45) is 7.05 Å². The van der Waals surface area contributed by atoms with Gasteiger partial charge in [0.05, 0.1) is 7.11 Å². The highest BCUT2D eigenvalue weighted by atomic mass is 79.9. The van der Waals surface area contributed by atoms with Crippen LogP contribution in [0.1, 0.15) is 10.4 Å². The number of para-hydroxylation sites is 1. The number of benzene rings is 1. The molecule has 0 radical (unpaired) electrons. The fourth-order valence-electron chi connectivity index (χ4n) is 1.81. The molecule has 16 heavy (non-hydrogen) atoms. The number of alkyl halides is 1. The molecule has 1 heterocycles. The standard InChI is InChI=1S/C12H12BrNO2/c1-14-7-9(11(13)12(15)16-2)8-5-3-4-6-10(8)14/h3-7,11H,1-2H3. The molecule has 1 unspecified atom stereocenters. The molecule has 0 aliphatic carbocycles. The summed E-state index contributed by atoms with van der Waals surface area (Å²) in [5.74, 6) is -0.281. The molecule has 0 saturated carbocycles. The van der Waals surface area contributed by atoms with E-state index in [-0.39, 0.29) is 5.97 Å². The van der Waals surface area contributed by atoms with Crippen molar-refractivity contribution >= 4 is 32.8 Å². The van der Waals surface area contributed by atoms with Gasteiger partial charge in [-0.3, -0.25) is 4.79 Å². The summed E-state index contributed by atoms with van der Waals surface area (Å²) in [6.07, 6.45) is 1.95. The van der Waals surface area contributed by atoms with Crippen molar-refractivity contribution in [3.8, 4) is 0 Å². The summed E-state index contributed by atoms with van der Waals surface area (Å²) < 4.78 is 6.73. The predicted octanol–water partition coefficient (Wildman–Crippen LogP) is 2.79. The van der Waals surface area contributed by atoms with Gasteiger partial charge >= 0.3 is 5.97 Å². The lowest BCUT2D eigenvalue weighted by atomic mass is 10.1. The van der Waals surface area contributed by atoms with E-state index < -0.39 is 4.83 Å². The summed E-state index contributed by atoms with van der Waals surface area (Å²) in [6, 6.07) is 7.97. The third-order valence-corrected chi connectivity index (χ3v) is 3.48. The van der Waals surface area contributed by atoms with E-state index >= 15 is 0 Å². The molecule has 0 aliphatic rings. The number of halogens is 1. The van der Waals surface area contributed by atoms with Crippen molar-refractivity contribution in [1.29, 1.82) is 0 Å². The van der Waals surface area contributed by atoms with Gasteiger partial charge in [0.2, 0.25) is 0 Å². The summed E-state index contributed by atoms with van der Waals surface area (Å²) in [7, 11) is 3.35.